The lowest BCUT2D eigenvalue weighted by Gasteiger charge is -2.07. The lowest BCUT2D eigenvalue weighted by atomic mass is 10.1. The maximum atomic E-state index is 12.2. The summed E-state index contributed by atoms with van der Waals surface area (Å²) in [6.07, 6.45) is 0. The number of nitrogens with zero attached hydrogens (tertiary/aromatic N) is 3. The average Bonchev–Trinajstić information content (AvgIpc) is 3.02. The third-order valence-electron chi connectivity index (χ3n) is 3.86. The van der Waals surface area contributed by atoms with Gasteiger partial charge in [0.15, 0.2) is 5.16 Å². The van der Waals surface area contributed by atoms with Gasteiger partial charge in [0, 0.05) is 22.6 Å². The van der Waals surface area contributed by atoms with E-state index in [1.54, 1.807) is 6.92 Å². The molecule has 0 unspecified atom stereocenters. The number of hydrogen-bond donors (Lipinski definition) is 1. The van der Waals surface area contributed by atoms with Crippen molar-refractivity contribution in [3.05, 3.63) is 58.1 Å². The van der Waals surface area contributed by atoms with Crippen LogP contribution in [0.25, 0.3) is 11.3 Å². The highest BCUT2D eigenvalue weighted by Crippen LogP contribution is 2.35. The van der Waals surface area contributed by atoms with E-state index in [-0.39, 0.29) is 6.61 Å². The molecule has 8 heteroatoms. The molecule has 28 heavy (non-hydrogen) atoms. The number of thiophene rings is 1. The molecule has 2 N–H and O–H groups in total. The molecule has 0 radical (unpaired) electrons. The summed E-state index contributed by atoms with van der Waals surface area (Å²) in [5, 5.41) is 10.3. The summed E-state index contributed by atoms with van der Waals surface area (Å²) < 4.78 is 5.10. The van der Waals surface area contributed by atoms with E-state index in [0.717, 1.165) is 28.3 Å². The third kappa shape index (κ3) is 4.32. The van der Waals surface area contributed by atoms with Gasteiger partial charge < -0.3 is 10.5 Å². The van der Waals surface area contributed by atoms with Crippen molar-refractivity contribution in [2.45, 2.75) is 24.8 Å². The molecule has 0 saturated carbocycles. The van der Waals surface area contributed by atoms with Crippen LogP contribution in [0.4, 0.5) is 5.00 Å². The van der Waals surface area contributed by atoms with Crippen molar-refractivity contribution < 1.29 is 9.53 Å². The normalized spacial score (nSPS) is 10.5. The summed E-state index contributed by atoms with van der Waals surface area (Å²) in [4.78, 5) is 21.7. The summed E-state index contributed by atoms with van der Waals surface area (Å²) >= 11 is 2.44. The van der Waals surface area contributed by atoms with E-state index in [2.05, 4.69) is 16.0 Å². The quantitative estimate of drug-likeness (QED) is 0.364. The SMILES string of the molecule is CCOC(=O)c1sc(N)c(C#N)c1CSc1nc(C)cc(-c2ccccc2)n1. The molecule has 0 saturated heterocycles. The molecule has 0 aliphatic rings. The largest absolute Gasteiger partial charge is 0.462 e. The van der Waals surface area contributed by atoms with Gasteiger partial charge >= 0.3 is 5.97 Å². The van der Waals surface area contributed by atoms with Crippen LogP contribution in [0.1, 0.15) is 33.4 Å². The van der Waals surface area contributed by atoms with Gasteiger partial charge in [0.05, 0.1) is 17.9 Å². The number of thioether (sulfide) groups is 1. The standard InChI is InChI=1S/C20H18N4O2S2/c1-3-26-19(25)17-15(14(10-21)18(22)28-17)11-27-20-23-12(2)9-16(24-20)13-7-5-4-6-8-13/h4-9H,3,11,22H2,1-2H3. The summed E-state index contributed by atoms with van der Waals surface area (Å²) in [6.45, 7) is 3.90. The minimum atomic E-state index is -0.466. The number of nitrogens with two attached hydrogens (primary N) is 1. The van der Waals surface area contributed by atoms with Crippen LogP contribution in [0.15, 0.2) is 41.6 Å². The Balaban J connectivity index is 1.90. The molecule has 0 amide bonds. The summed E-state index contributed by atoms with van der Waals surface area (Å²) in [7, 11) is 0. The number of nitrogen functional groups attached to an aromatic ring is 1. The molecule has 2 heterocycles. The van der Waals surface area contributed by atoms with Crippen molar-refractivity contribution in [2.75, 3.05) is 12.3 Å². The van der Waals surface area contributed by atoms with Crippen LogP contribution in [0, 0.1) is 18.3 Å². The first kappa shape index (κ1) is 19.9. The number of nitriles is 1. The average molecular weight is 411 g/mol. The second-order valence-corrected chi connectivity index (χ2v) is 7.81. The smallest absolute Gasteiger partial charge is 0.348 e. The summed E-state index contributed by atoms with van der Waals surface area (Å²) in [5.74, 6) is -0.117. The minimum Gasteiger partial charge on any atom is -0.462 e. The highest BCUT2D eigenvalue weighted by Gasteiger charge is 2.23. The van der Waals surface area contributed by atoms with Crippen LogP contribution in [0.3, 0.4) is 0 Å². The Hall–Kier alpha value is -2.89. The maximum Gasteiger partial charge on any atom is 0.348 e. The van der Waals surface area contributed by atoms with Gasteiger partial charge in [-0.2, -0.15) is 5.26 Å². The van der Waals surface area contributed by atoms with Crippen molar-refractivity contribution in [1.82, 2.24) is 9.97 Å². The Morgan fingerprint density at radius 1 is 1.32 bits per heavy atom. The number of aryl methyl sites for hydroxylation is 1. The molecule has 142 valence electrons. The van der Waals surface area contributed by atoms with Gasteiger partial charge in [-0.25, -0.2) is 14.8 Å². The minimum absolute atomic E-state index is 0.256. The van der Waals surface area contributed by atoms with Crippen LogP contribution >= 0.6 is 23.1 Å². The van der Waals surface area contributed by atoms with Crippen molar-refractivity contribution in [2.24, 2.45) is 0 Å². The molecule has 0 atom stereocenters. The van der Waals surface area contributed by atoms with E-state index in [9.17, 15) is 10.1 Å². The number of ether oxygens (including phenoxy) is 1. The van der Waals surface area contributed by atoms with Gasteiger partial charge in [0.2, 0.25) is 0 Å². The number of hydrogen-bond acceptors (Lipinski definition) is 8. The van der Waals surface area contributed by atoms with E-state index in [4.69, 9.17) is 10.5 Å². The van der Waals surface area contributed by atoms with Crippen molar-refractivity contribution >= 4 is 34.1 Å². The number of aromatic nitrogens is 2. The fourth-order valence-electron chi connectivity index (χ4n) is 2.61. The lowest BCUT2D eigenvalue weighted by molar-refractivity contribution is 0.0531. The second kappa shape index (κ2) is 8.87. The van der Waals surface area contributed by atoms with Gasteiger partial charge in [-0.15, -0.1) is 11.3 Å². The van der Waals surface area contributed by atoms with E-state index in [1.807, 2.05) is 43.3 Å². The first-order valence-corrected chi connectivity index (χ1v) is 10.4. The van der Waals surface area contributed by atoms with Crippen LogP contribution in [-0.4, -0.2) is 22.5 Å². The van der Waals surface area contributed by atoms with Crippen LogP contribution < -0.4 is 5.73 Å². The first-order chi connectivity index (χ1) is 13.5. The number of rotatable bonds is 6. The molecular formula is C20H18N4O2S2. The van der Waals surface area contributed by atoms with Crippen molar-refractivity contribution in [3.8, 4) is 17.3 Å². The molecule has 1 aromatic carbocycles. The van der Waals surface area contributed by atoms with E-state index in [0.29, 0.717) is 31.9 Å². The monoisotopic (exact) mass is 410 g/mol. The highest BCUT2D eigenvalue weighted by molar-refractivity contribution is 7.98. The van der Waals surface area contributed by atoms with Crippen molar-refractivity contribution in [1.29, 1.82) is 5.26 Å². The van der Waals surface area contributed by atoms with E-state index < -0.39 is 5.97 Å². The van der Waals surface area contributed by atoms with Gasteiger partial charge in [-0.3, -0.25) is 0 Å². The number of carbonyl (C=O) groups excluding carboxylic acids is 1. The number of anilines is 1. The first-order valence-electron chi connectivity index (χ1n) is 8.55. The molecule has 0 spiro atoms. The number of esters is 1. The van der Waals surface area contributed by atoms with E-state index >= 15 is 0 Å². The molecule has 6 nitrogen and oxygen atoms in total. The van der Waals surface area contributed by atoms with Crippen LogP contribution in [-0.2, 0) is 10.5 Å². The molecule has 0 bridgehead atoms. The Morgan fingerprint density at radius 3 is 2.75 bits per heavy atom. The highest BCUT2D eigenvalue weighted by atomic mass is 32.2. The molecule has 0 aliphatic heterocycles. The van der Waals surface area contributed by atoms with Crippen LogP contribution in [0.2, 0.25) is 0 Å². The van der Waals surface area contributed by atoms with Gasteiger partial charge in [0.1, 0.15) is 15.9 Å². The van der Waals surface area contributed by atoms with Crippen molar-refractivity contribution in [3.63, 3.8) is 0 Å². The molecule has 2 aromatic heterocycles. The summed E-state index contributed by atoms with van der Waals surface area (Å²) in [6, 6.07) is 13.9. The third-order valence-corrected chi connectivity index (χ3v) is 5.77. The Morgan fingerprint density at radius 2 is 2.07 bits per heavy atom. The Kier molecular flexibility index (Phi) is 6.29. The fourth-order valence-corrected chi connectivity index (χ4v) is 4.56. The molecule has 0 fully saturated rings. The molecule has 3 rings (SSSR count). The zero-order chi connectivity index (χ0) is 20.1. The predicted octanol–water partition coefficient (Wildman–Crippen LogP) is 4.44. The zero-order valence-corrected chi connectivity index (χ0v) is 17.1. The Labute approximate surface area is 171 Å². The van der Waals surface area contributed by atoms with Crippen LogP contribution in [0.5, 0.6) is 0 Å². The Bertz CT molecular complexity index is 1040. The topological polar surface area (TPSA) is 102 Å². The van der Waals surface area contributed by atoms with Gasteiger partial charge in [0.25, 0.3) is 0 Å². The molecule has 3 aromatic rings. The summed E-state index contributed by atoms with van der Waals surface area (Å²) in [5.41, 5.74) is 9.48. The predicted molar refractivity (Wildman–Crippen MR) is 111 cm³/mol. The van der Waals surface area contributed by atoms with Gasteiger partial charge in [-0.1, -0.05) is 42.1 Å². The molecular weight excluding hydrogens is 392 g/mol. The fraction of sp³-hybridized carbons (Fsp3) is 0.200. The van der Waals surface area contributed by atoms with E-state index in [1.165, 1.54) is 11.8 Å². The number of carbonyl (C=O) groups is 1. The second-order valence-electron chi connectivity index (χ2n) is 5.81. The zero-order valence-electron chi connectivity index (χ0n) is 15.4. The lowest BCUT2D eigenvalue weighted by Crippen LogP contribution is -2.05. The van der Waals surface area contributed by atoms with Gasteiger partial charge in [-0.05, 0) is 19.9 Å². The molecule has 0 aliphatic carbocycles. The maximum absolute atomic E-state index is 12.2. The number of benzene rings is 1.